The maximum atomic E-state index is 12.1. The monoisotopic (exact) mass is 315 g/mol. The first-order chi connectivity index (χ1) is 9.96. The topological polar surface area (TPSA) is 48.0 Å². The molecule has 1 amide bonds. The first kappa shape index (κ1) is 19.2. The number of carbonyl (C=O) groups excluding carboxylic acids is 1. The van der Waals surface area contributed by atoms with Gasteiger partial charge in [-0.2, -0.15) is 0 Å². The van der Waals surface area contributed by atoms with Gasteiger partial charge in [-0.1, -0.05) is 6.92 Å². The second-order valence-electron chi connectivity index (χ2n) is 8.00. The Balaban J connectivity index is 2.46. The van der Waals surface area contributed by atoms with Crippen molar-refractivity contribution in [1.82, 2.24) is 4.90 Å². The van der Waals surface area contributed by atoms with E-state index in [1.165, 1.54) is 0 Å². The standard InChI is InChI=1S/C17H33NO4/c1-8-17(21-12-11-20-15(2,3)4)9-10-18(13-17)14(19)22-16(5,6)7/h8-13H2,1-7H3. The molecular weight excluding hydrogens is 282 g/mol. The molecule has 130 valence electrons. The highest BCUT2D eigenvalue weighted by atomic mass is 16.6. The van der Waals surface area contributed by atoms with Crippen LogP contribution in [0.4, 0.5) is 4.79 Å². The average molecular weight is 315 g/mol. The number of ether oxygens (including phenoxy) is 3. The van der Waals surface area contributed by atoms with Crippen molar-refractivity contribution in [3.8, 4) is 0 Å². The lowest BCUT2D eigenvalue weighted by atomic mass is 10.00. The van der Waals surface area contributed by atoms with Crippen molar-refractivity contribution in [3.05, 3.63) is 0 Å². The predicted octanol–water partition coefficient (Wildman–Crippen LogP) is 3.61. The molecule has 0 bridgehead atoms. The molecule has 5 heteroatoms. The lowest BCUT2D eigenvalue weighted by Gasteiger charge is -2.30. The zero-order chi connectivity index (χ0) is 17.0. The zero-order valence-electron chi connectivity index (χ0n) is 15.3. The molecule has 1 saturated heterocycles. The molecule has 1 rings (SSSR count). The summed E-state index contributed by atoms with van der Waals surface area (Å²) in [6, 6.07) is 0. The van der Waals surface area contributed by atoms with Crippen LogP contribution in [0.3, 0.4) is 0 Å². The smallest absolute Gasteiger partial charge is 0.410 e. The lowest BCUT2D eigenvalue weighted by molar-refractivity contribution is -0.0891. The molecule has 0 aromatic heterocycles. The van der Waals surface area contributed by atoms with Crippen LogP contribution in [-0.4, -0.2) is 54.1 Å². The molecule has 1 atom stereocenters. The molecule has 22 heavy (non-hydrogen) atoms. The highest BCUT2D eigenvalue weighted by Crippen LogP contribution is 2.30. The Morgan fingerprint density at radius 1 is 1.09 bits per heavy atom. The predicted molar refractivity (Wildman–Crippen MR) is 87.1 cm³/mol. The molecule has 1 heterocycles. The second kappa shape index (κ2) is 7.18. The molecule has 0 aromatic carbocycles. The summed E-state index contributed by atoms with van der Waals surface area (Å²) in [4.78, 5) is 13.9. The van der Waals surface area contributed by atoms with Gasteiger partial charge in [0.25, 0.3) is 0 Å². The van der Waals surface area contributed by atoms with E-state index in [2.05, 4.69) is 6.92 Å². The average Bonchev–Trinajstić information content (AvgIpc) is 2.77. The van der Waals surface area contributed by atoms with E-state index in [1.54, 1.807) is 4.90 Å². The van der Waals surface area contributed by atoms with Gasteiger partial charge in [-0.05, 0) is 54.4 Å². The molecule has 5 nitrogen and oxygen atoms in total. The van der Waals surface area contributed by atoms with Crippen molar-refractivity contribution in [2.24, 2.45) is 0 Å². The van der Waals surface area contributed by atoms with E-state index in [4.69, 9.17) is 14.2 Å². The van der Waals surface area contributed by atoms with Gasteiger partial charge in [0.05, 0.1) is 31.0 Å². The minimum Gasteiger partial charge on any atom is -0.444 e. The Hall–Kier alpha value is -0.810. The van der Waals surface area contributed by atoms with Gasteiger partial charge in [-0.3, -0.25) is 0 Å². The quantitative estimate of drug-likeness (QED) is 0.727. The molecule has 0 saturated carbocycles. The van der Waals surface area contributed by atoms with E-state index in [9.17, 15) is 4.79 Å². The highest BCUT2D eigenvalue weighted by Gasteiger charge is 2.40. The van der Waals surface area contributed by atoms with E-state index >= 15 is 0 Å². The van der Waals surface area contributed by atoms with Crippen LogP contribution in [0.1, 0.15) is 61.3 Å². The van der Waals surface area contributed by atoms with Gasteiger partial charge in [0.2, 0.25) is 0 Å². The van der Waals surface area contributed by atoms with E-state index in [0.717, 1.165) is 12.8 Å². The van der Waals surface area contributed by atoms with Crippen molar-refractivity contribution in [1.29, 1.82) is 0 Å². The number of carbonyl (C=O) groups is 1. The van der Waals surface area contributed by atoms with Gasteiger partial charge in [-0.15, -0.1) is 0 Å². The summed E-state index contributed by atoms with van der Waals surface area (Å²) in [5, 5.41) is 0. The first-order valence-corrected chi connectivity index (χ1v) is 8.22. The van der Waals surface area contributed by atoms with Gasteiger partial charge in [0.1, 0.15) is 5.60 Å². The Bertz CT molecular complexity index is 370. The van der Waals surface area contributed by atoms with Crippen LogP contribution >= 0.6 is 0 Å². The van der Waals surface area contributed by atoms with Crippen molar-refractivity contribution in [2.45, 2.75) is 78.1 Å². The largest absolute Gasteiger partial charge is 0.444 e. The fourth-order valence-corrected chi connectivity index (χ4v) is 2.44. The summed E-state index contributed by atoms with van der Waals surface area (Å²) in [6.45, 7) is 16.2. The van der Waals surface area contributed by atoms with Crippen LogP contribution in [0.15, 0.2) is 0 Å². The summed E-state index contributed by atoms with van der Waals surface area (Å²) < 4.78 is 17.2. The van der Waals surface area contributed by atoms with E-state index in [-0.39, 0.29) is 17.3 Å². The van der Waals surface area contributed by atoms with Crippen LogP contribution in [0.2, 0.25) is 0 Å². The number of hydrogen-bond acceptors (Lipinski definition) is 4. The number of likely N-dealkylation sites (tertiary alicyclic amines) is 1. The van der Waals surface area contributed by atoms with Gasteiger partial charge >= 0.3 is 6.09 Å². The summed E-state index contributed by atoms with van der Waals surface area (Å²) >= 11 is 0. The summed E-state index contributed by atoms with van der Waals surface area (Å²) in [5.41, 5.74) is -0.880. The molecule has 0 N–H and O–H groups in total. The van der Waals surface area contributed by atoms with Crippen molar-refractivity contribution in [2.75, 3.05) is 26.3 Å². The lowest BCUT2D eigenvalue weighted by Crippen LogP contribution is -2.41. The summed E-state index contributed by atoms with van der Waals surface area (Å²) in [5.74, 6) is 0. The van der Waals surface area contributed by atoms with E-state index in [0.29, 0.717) is 26.3 Å². The Morgan fingerprint density at radius 2 is 1.73 bits per heavy atom. The molecule has 0 spiro atoms. The third kappa shape index (κ3) is 6.53. The molecule has 0 radical (unpaired) electrons. The fraction of sp³-hybridized carbons (Fsp3) is 0.941. The van der Waals surface area contributed by atoms with E-state index in [1.807, 2.05) is 41.5 Å². The zero-order valence-corrected chi connectivity index (χ0v) is 15.3. The summed E-state index contributed by atoms with van der Waals surface area (Å²) in [7, 11) is 0. The SMILES string of the molecule is CCC1(OCCOC(C)(C)C)CCN(C(=O)OC(C)(C)C)C1. The number of rotatable bonds is 5. The van der Waals surface area contributed by atoms with Crippen LogP contribution in [0.25, 0.3) is 0 Å². The Labute approximate surface area is 135 Å². The molecule has 0 aromatic rings. The van der Waals surface area contributed by atoms with Crippen LogP contribution in [0.5, 0.6) is 0 Å². The van der Waals surface area contributed by atoms with Crippen LogP contribution < -0.4 is 0 Å². The van der Waals surface area contributed by atoms with Crippen LogP contribution in [-0.2, 0) is 14.2 Å². The Morgan fingerprint density at radius 3 is 2.23 bits per heavy atom. The second-order valence-corrected chi connectivity index (χ2v) is 8.00. The van der Waals surface area contributed by atoms with Gasteiger partial charge in [-0.25, -0.2) is 4.79 Å². The minimum absolute atomic E-state index is 0.152. The molecule has 1 aliphatic rings. The number of amides is 1. The Kier molecular flexibility index (Phi) is 6.27. The number of nitrogens with zero attached hydrogens (tertiary/aromatic N) is 1. The van der Waals surface area contributed by atoms with Gasteiger partial charge in [0.15, 0.2) is 0 Å². The molecular formula is C17H33NO4. The normalized spacial score (nSPS) is 23.0. The molecule has 1 aliphatic heterocycles. The summed E-state index contributed by atoms with van der Waals surface area (Å²) in [6.07, 6.45) is 1.47. The van der Waals surface area contributed by atoms with E-state index < -0.39 is 5.60 Å². The van der Waals surface area contributed by atoms with Crippen LogP contribution in [0, 0.1) is 0 Å². The third-order valence-corrected chi connectivity index (χ3v) is 3.64. The fourth-order valence-electron chi connectivity index (χ4n) is 2.44. The minimum atomic E-state index is -0.462. The van der Waals surface area contributed by atoms with Crippen molar-refractivity contribution >= 4 is 6.09 Å². The number of hydrogen-bond donors (Lipinski definition) is 0. The maximum Gasteiger partial charge on any atom is 0.410 e. The molecule has 0 aliphatic carbocycles. The highest BCUT2D eigenvalue weighted by molar-refractivity contribution is 5.68. The first-order valence-electron chi connectivity index (χ1n) is 8.22. The van der Waals surface area contributed by atoms with Crippen molar-refractivity contribution in [3.63, 3.8) is 0 Å². The molecule has 1 fully saturated rings. The van der Waals surface area contributed by atoms with Gasteiger partial charge < -0.3 is 19.1 Å². The third-order valence-electron chi connectivity index (χ3n) is 3.64. The van der Waals surface area contributed by atoms with Crippen molar-refractivity contribution < 1.29 is 19.0 Å². The molecule has 1 unspecified atom stereocenters. The van der Waals surface area contributed by atoms with Gasteiger partial charge in [0, 0.05) is 6.54 Å². The maximum absolute atomic E-state index is 12.1.